The predicted molar refractivity (Wildman–Crippen MR) is 49.5 cm³/mol. The van der Waals surface area contributed by atoms with E-state index >= 15 is 0 Å². The van der Waals surface area contributed by atoms with Gasteiger partial charge in [-0.05, 0) is 12.1 Å². The number of anilines is 1. The first-order valence-corrected chi connectivity index (χ1v) is 3.91. The lowest BCUT2D eigenvalue weighted by Gasteiger charge is -1.96. The molecule has 0 spiro atoms. The van der Waals surface area contributed by atoms with E-state index in [1.165, 1.54) is 10.9 Å². The van der Waals surface area contributed by atoms with E-state index in [0.29, 0.717) is 0 Å². The Morgan fingerprint density at radius 2 is 2.00 bits per heavy atom. The van der Waals surface area contributed by atoms with Crippen LogP contribution >= 0.6 is 0 Å². The minimum absolute atomic E-state index is 0.802. The number of para-hydroxylation sites is 1. The highest BCUT2D eigenvalue weighted by atomic mass is 14.9. The Balaban J connectivity index is 2.89. The average Bonchev–Trinajstić information content (AvgIpc) is 2.04. The maximum atomic E-state index is 5.70. The number of pyridine rings is 1. The number of aryl methyl sites for hydroxylation is 1. The highest BCUT2D eigenvalue weighted by Gasteiger charge is 2.03. The number of hydrogen-bond acceptors (Lipinski definition) is 1. The third-order valence-electron chi connectivity index (χ3n) is 1.98. The third-order valence-corrected chi connectivity index (χ3v) is 1.98. The summed E-state index contributed by atoms with van der Waals surface area (Å²) in [5.41, 5.74) is 7.71. The minimum Gasteiger partial charge on any atom is -0.394 e. The van der Waals surface area contributed by atoms with Gasteiger partial charge in [0, 0.05) is 11.5 Å². The molecule has 2 N–H and O–H groups in total. The Kier molecular flexibility index (Phi) is 1.47. The summed E-state index contributed by atoms with van der Waals surface area (Å²) >= 11 is 0. The molecule has 1 heterocycles. The first-order valence-electron chi connectivity index (χ1n) is 3.91. The van der Waals surface area contributed by atoms with Crippen LogP contribution in [0.25, 0.3) is 10.9 Å². The summed E-state index contributed by atoms with van der Waals surface area (Å²) in [6.07, 6.45) is 1.92. The number of rotatable bonds is 0. The molecule has 1 aromatic heterocycles. The molecule has 0 fully saturated rings. The van der Waals surface area contributed by atoms with Gasteiger partial charge < -0.3 is 5.73 Å². The second-order valence-corrected chi connectivity index (χ2v) is 2.94. The van der Waals surface area contributed by atoms with E-state index < -0.39 is 0 Å². The summed E-state index contributed by atoms with van der Waals surface area (Å²) in [7, 11) is 2.00. The lowest BCUT2D eigenvalue weighted by atomic mass is 10.2. The third kappa shape index (κ3) is 1.01. The summed E-state index contributed by atoms with van der Waals surface area (Å²) in [6, 6.07) is 10.2. The summed E-state index contributed by atoms with van der Waals surface area (Å²) in [4.78, 5) is 0. The number of hydrogen-bond donors (Lipinski definition) is 1. The maximum Gasteiger partial charge on any atom is 0.212 e. The van der Waals surface area contributed by atoms with Crippen LogP contribution in [0.5, 0.6) is 0 Å². The Morgan fingerprint density at radius 1 is 1.25 bits per heavy atom. The van der Waals surface area contributed by atoms with E-state index in [1.807, 2.05) is 36.0 Å². The largest absolute Gasteiger partial charge is 0.394 e. The molecule has 0 amide bonds. The van der Waals surface area contributed by atoms with Crippen LogP contribution in [0.15, 0.2) is 36.5 Å². The van der Waals surface area contributed by atoms with E-state index in [-0.39, 0.29) is 0 Å². The van der Waals surface area contributed by atoms with Crippen LogP contribution in [-0.2, 0) is 7.05 Å². The second-order valence-electron chi connectivity index (χ2n) is 2.94. The predicted octanol–water partition coefficient (Wildman–Crippen LogP) is 1.25. The van der Waals surface area contributed by atoms with Crippen LogP contribution in [0, 0.1) is 0 Å². The van der Waals surface area contributed by atoms with E-state index in [2.05, 4.69) is 12.1 Å². The van der Waals surface area contributed by atoms with Crippen molar-refractivity contribution in [1.29, 1.82) is 0 Å². The molecule has 2 heteroatoms. The molecular weight excluding hydrogens is 148 g/mol. The van der Waals surface area contributed by atoms with Gasteiger partial charge in [0.2, 0.25) is 5.52 Å². The Bertz CT molecular complexity index is 421. The molecule has 0 atom stereocenters. The molecule has 2 nitrogen and oxygen atoms in total. The number of nitrogen functional groups attached to an aromatic ring is 1. The molecule has 0 aliphatic carbocycles. The van der Waals surface area contributed by atoms with Crippen LogP contribution in [-0.4, -0.2) is 0 Å². The van der Waals surface area contributed by atoms with Gasteiger partial charge in [0.1, 0.15) is 7.05 Å². The zero-order valence-electron chi connectivity index (χ0n) is 6.99. The molecule has 0 saturated heterocycles. The average molecular weight is 159 g/mol. The normalized spacial score (nSPS) is 10.4. The molecule has 2 aromatic rings. The lowest BCUT2D eigenvalue weighted by Crippen LogP contribution is -2.28. The number of aromatic nitrogens is 1. The van der Waals surface area contributed by atoms with Gasteiger partial charge in [0.25, 0.3) is 0 Å². The van der Waals surface area contributed by atoms with Crippen LogP contribution in [0.1, 0.15) is 0 Å². The number of nitrogens with two attached hydrogens (primary N) is 1. The quantitative estimate of drug-likeness (QED) is 0.576. The first-order chi connectivity index (χ1) is 5.77. The van der Waals surface area contributed by atoms with Crippen molar-refractivity contribution in [2.75, 3.05) is 5.73 Å². The zero-order chi connectivity index (χ0) is 8.55. The van der Waals surface area contributed by atoms with Crippen molar-refractivity contribution in [3.05, 3.63) is 36.5 Å². The van der Waals surface area contributed by atoms with Gasteiger partial charge in [-0.1, -0.05) is 12.1 Å². The fraction of sp³-hybridized carbons (Fsp3) is 0.100. The van der Waals surface area contributed by atoms with Crippen LogP contribution in [0.3, 0.4) is 0 Å². The molecule has 0 aliphatic rings. The number of benzene rings is 1. The van der Waals surface area contributed by atoms with Crippen molar-refractivity contribution in [2.24, 2.45) is 7.05 Å². The van der Waals surface area contributed by atoms with Crippen LogP contribution in [0.2, 0.25) is 0 Å². The molecule has 2 rings (SSSR count). The van der Waals surface area contributed by atoms with Gasteiger partial charge in [-0.25, -0.2) is 0 Å². The number of nitrogens with zero attached hydrogens (tertiary/aromatic N) is 1. The van der Waals surface area contributed by atoms with E-state index in [1.54, 1.807) is 0 Å². The first kappa shape index (κ1) is 7.10. The van der Waals surface area contributed by atoms with Crippen molar-refractivity contribution in [1.82, 2.24) is 0 Å². The van der Waals surface area contributed by atoms with Crippen molar-refractivity contribution in [2.45, 2.75) is 0 Å². The molecule has 1 aromatic carbocycles. The lowest BCUT2D eigenvalue weighted by molar-refractivity contribution is -0.644. The fourth-order valence-corrected chi connectivity index (χ4v) is 1.44. The molecule has 0 radical (unpaired) electrons. The summed E-state index contributed by atoms with van der Waals surface area (Å²) in [5.74, 6) is 0. The van der Waals surface area contributed by atoms with E-state index in [4.69, 9.17) is 5.73 Å². The molecule has 0 aliphatic heterocycles. The zero-order valence-corrected chi connectivity index (χ0v) is 6.99. The highest BCUT2D eigenvalue weighted by molar-refractivity contribution is 5.77. The second kappa shape index (κ2) is 2.48. The van der Waals surface area contributed by atoms with Gasteiger partial charge in [-0.3, -0.25) is 0 Å². The van der Waals surface area contributed by atoms with Gasteiger partial charge in [0.15, 0.2) is 6.20 Å². The molecular formula is C10H11N2+. The summed E-state index contributed by atoms with van der Waals surface area (Å²) in [5, 5.41) is 1.18. The van der Waals surface area contributed by atoms with Crippen LogP contribution < -0.4 is 10.3 Å². The van der Waals surface area contributed by atoms with Gasteiger partial charge in [-0.15, -0.1) is 0 Å². The highest BCUT2D eigenvalue weighted by Crippen LogP contribution is 2.11. The molecule has 60 valence electrons. The van der Waals surface area contributed by atoms with Crippen molar-refractivity contribution in [3.8, 4) is 0 Å². The molecule has 0 bridgehead atoms. The SMILES string of the molecule is C[n+]1cc(N)cc2ccccc21. The topological polar surface area (TPSA) is 29.9 Å². The standard InChI is InChI=1S/C10H11N2/c1-12-7-9(11)6-8-4-2-3-5-10(8)12/h2-7H,11H2,1H3/q+1. The van der Waals surface area contributed by atoms with Crippen molar-refractivity contribution in [3.63, 3.8) is 0 Å². The van der Waals surface area contributed by atoms with Gasteiger partial charge in [-0.2, -0.15) is 4.57 Å². The Labute approximate surface area is 71.2 Å². The minimum atomic E-state index is 0.802. The fourth-order valence-electron chi connectivity index (χ4n) is 1.44. The number of fused-ring (bicyclic) bond motifs is 1. The molecule has 0 unspecified atom stereocenters. The smallest absolute Gasteiger partial charge is 0.212 e. The maximum absolute atomic E-state index is 5.70. The van der Waals surface area contributed by atoms with Gasteiger partial charge in [0.05, 0.1) is 5.69 Å². The summed E-state index contributed by atoms with van der Waals surface area (Å²) in [6.45, 7) is 0. The van der Waals surface area contributed by atoms with Gasteiger partial charge >= 0.3 is 0 Å². The molecule has 12 heavy (non-hydrogen) atoms. The monoisotopic (exact) mass is 159 g/mol. The summed E-state index contributed by atoms with van der Waals surface area (Å²) < 4.78 is 2.03. The molecule has 0 saturated carbocycles. The van der Waals surface area contributed by atoms with Crippen LogP contribution in [0.4, 0.5) is 5.69 Å². The Hall–Kier alpha value is -1.57. The van der Waals surface area contributed by atoms with Crippen molar-refractivity contribution >= 4 is 16.6 Å². The van der Waals surface area contributed by atoms with E-state index in [0.717, 1.165) is 5.69 Å². The Morgan fingerprint density at radius 3 is 2.83 bits per heavy atom. The van der Waals surface area contributed by atoms with E-state index in [9.17, 15) is 0 Å². The van der Waals surface area contributed by atoms with Crippen molar-refractivity contribution < 1.29 is 4.57 Å².